The van der Waals surface area contributed by atoms with Gasteiger partial charge in [-0.15, -0.1) is 11.8 Å². The molecule has 0 radical (unpaired) electrons. The molecule has 3 heteroatoms. The fourth-order valence-electron chi connectivity index (χ4n) is 1.46. The monoisotopic (exact) mass is 225 g/mol. The molecule has 1 aromatic rings. The van der Waals surface area contributed by atoms with Crippen molar-refractivity contribution >= 4 is 11.8 Å². The summed E-state index contributed by atoms with van der Waals surface area (Å²) in [5.74, 6) is 0. The summed E-state index contributed by atoms with van der Waals surface area (Å²) in [5, 5.41) is 3.34. The first-order chi connectivity index (χ1) is 7.27. The Labute approximate surface area is 96.4 Å². The van der Waals surface area contributed by atoms with Crippen LogP contribution in [0, 0.1) is 6.92 Å². The number of rotatable bonds is 6. The average Bonchev–Trinajstić information content (AvgIpc) is 2.25. The van der Waals surface area contributed by atoms with E-state index in [1.54, 1.807) is 18.9 Å². The second kappa shape index (κ2) is 6.88. The van der Waals surface area contributed by atoms with Crippen LogP contribution in [-0.2, 0) is 11.3 Å². The Hall–Kier alpha value is -0.510. The molecule has 0 fully saturated rings. The normalized spacial score (nSPS) is 10.6. The van der Waals surface area contributed by atoms with Crippen LogP contribution in [0.2, 0.25) is 0 Å². The Kier molecular flexibility index (Phi) is 5.76. The molecule has 0 bridgehead atoms. The third-order valence-electron chi connectivity index (χ3n) is 2.27. The molecule has 1 rings (SSSR count). The highest BCUT2D eigenvalue weighted by atomic mass is 32.2. The Bertz CT molecular complexity index is 302. The molecule has 1 aromatic carbocycles. The largest absolute Gasteiger partial charge is 0.383 e. The second-order valence-electron chi connectivity index (χ2n) is 3.47. The molecule has 0 heterocycles. The van der Waals surface area contributed by atoms with E-state index in [1.165, 1.54) is 16.0 Å². The Balaban J connectivity index is 2.45. The van der Waals surface area contributed by atoms with Crippen molar-refractivity contribution in [2.75, 3.05) is 26.5 Å². The molecule has 0 unspecified atom stereocenters. The molecule has 2 nitrogen and oxygen atoms in total. The standard InChI is InChI=1S/C12H19NOS/c1-10-8-11(4-5-12(10)15-3)9-13-6-7-14-2/h4-5,8,13H,6-7,9H2,1-3H3. The zero-order chi connectivity index (χ0) is 11.1. The summed E-state index contributed by atoms with van der Waals surface area (Å²) in [4.78, 5) is 1.36. The summed E-state index contributed by atoms with van der Waals surface area (Å²) in [7, 11) is 1.72. The smallest absolute Gasteiger partial charge is 0.0587 e. The molecule has 0 spiro atoms. The van der Waals surface area contributed by atoms with E-state index in [4.69, 9.17) is 4.74 Å². The molecule has 0 aliphatic carbocycles. The number of benzene rings is 1. The molecule has 0 aliphatic rings. The molecule has 0 saturated heterocycles. The number of aryl methyl sites for hydroxylation is 1. The molecular formula is C12H19NOS. The van der Waals surface area contributed by atoms with E-state index < -0.39 is 0 Å². The lowest BCUT2D eigenvalue weighted by Crippen LogP contribution is -2.18. The Morgan fingerprint density at radius 1 is 1.40 bits per heavy atom. The van der Waals surface area contributed by atoms with E-state index in [-0.39, 0.29) is 0 Å². The summed E-state index contributed by atoms with van der Waals surface area (Å²) < 4.78 is 4.97. The second-order valence-corrected chi connectivity index (χ2v) is 4.32. The first-order valence-corrected chi connectivity index (χ1v) is 6.33. The minimum absolute atomic E-state index is 0.766. The van der Waals surface area contributed by atoms with Gasteiger partial charge in [0.1, 0.15) is 0 Å². The van der Waals surface area contributed by atoms with Gasteiger partial charge in [-0.1, -0.05) is 12.1 Å². The van der Waals surface area contributed by atoms with Crippen molar-refractivity contribution in [3.63, 3.8) is 0 Å². The maximum absolute atomic E-state index is 4.97. The summed E-state index contributed by atoms with van der Waals surface area (Å²) >= 11 is 1.80. The van der Waals surface area contributed by atoms with Gasteiger partial charge in [0.25, 0.3) is 0 Å². The van der Waals surface area contributed by atoms with Crippen LogP contribution in [0.5, 0.6) is 0 Å². The number of ether oxygens (including phenoxy) is 1. The van der Waals surface area contributed by atoms with Crippen molar-refractivity contribution in [1.29, 1.82) is 0 Å². The molecule has 0 atom stereocenters. The number of nitrogens with one attached hydrogen (secondary N) is 1. The lowest BCUT2D eigenvalue weighted by molar-refractivity contribution is 0.199. The van der Waals surface area contributed by atoms with Gasteiger partial charge in [-0.05, 0) is 30.4 Å². The number of hydrogen-bond acceptors (Lipinski definition) is 3. The first-order valence-electron chi connectivity index (χ1n) is 5.11. The number of methoxy groups -OCH3 is 1. The molecule has 84 valence electrons. The van der Waals surface area contributed by atoms with E-state index in [2.05, 4.69) is 36.7 Å². The van der Waals surface area contributed by atoms with Gasteiger partial charge in [-0.25, -0.2) is 0 Å². The zero-order valence-electron chi connectivity index (χ0n) is 9.67. The van der Waals surface area contributed by atoms with Crippen molar-refractivity contribution in [2.45, 2.75) is 18.4 Å². The maximum atomic E-state index is 4.97. The average molecular weight is 225 g/mol. The van der Waals surface area contributed by atoms with E-state index in [9.17, 15) is 0 Å². The Morgan fingerprint density at radius 3 is 2.80 bits per heavy atom. The fourth-order valence-corrected chi connectivity index (χ4v) is 2.04. The van der Waals surface area contributed by atoms with Crippen molar-refractivity contribution in [1.82, 2.24) is 5.32 Å². The van der Waals surface area contributed by atoms with Gasteiger partial charge in [0.15, 0.2) is 0 Å². The van der Waals surface area contributed by atoms with Gasteiger partial charge in [0.05, 0.1) is 6.61 Å². The van der Waals surface area contributed by atoms with E-state index in [1.807, 2.05) is 0 Å². The zero-order valence-corrected chi connectivity index (χ0v) is 10.5. The summed E-state index contributed by atoms with van der Waals surface area (Å²) in [6, 6.07) is 6.61. The number of thioether (sulfide) groups is 1. The highest BCUT2D eigenvalue weighted by Crippen LogP contribution is 2.20. The summed E-state index contributed by atoms with van der Waals surface area (Å²) in [6.07, 6.45) is 2.11. The SMILES string of the molecule is COCCNCc1ccc(SC)c(C)c1. The molecule has 1 N–H and O–H groups in total. The van der Waals surface area contributed by atoms with Crippen LogP contribution in [0.15, 0.2) is 23.1 Å². The lowest BCUT2D eigenvalue weighted by atomic mass is 10.1. The van der Waals surface area contributed by atoms with Gasteiger partial charge >= 0.3 is 0 Å². The summed E-state index contributed by atoms with van der Waals surface area (Å²) in [5.41, 5.74) is 2.69. The predicted molar refractivity (Wildman–Crippen MR) is 66.5 cm³/mol. The van der Waals surface area contributed by atoms with Gasteiger partial charge < -0.3 is 10.1 Å². The van der Waals surface area contributed by atoms with Crippen molar-refractivity contribution < 1.29 is 4.74 Å². The van der Waals surface area contributed by atoms with Gasteiger partial charge in [-0.3, -0.25) is 0 Å². The van der Waals surface area contributed by atoms with Crippen LogP contribution >= 0.6 is 11.8 Å². The van der Waals surface area contributed by atoms with Crippen molar-refractivity contribution in [2.24, 2.45) is 0 Å². The quantitative estimate of drug-likeness (QED) is 0.593. The highest BCUT2D eigenvalue weighted by Gasteiger charge is 1.98. The van der Waals surface area contributed by atoms with E-state index >= 15 is 0 Å². The maximum Gasteiger partial charge on any atom is 0.0587 e. The molecule has 0 aromatic heterocycles. The van der Waals surface area contributed by atoms with Gasteiger partial charge in [0.2, 0.25) is 0 Å². The van der Waals surface area contributed by atoms with Crippen LogP contribution in [0.25, 0.3) is 0 Å². The van der Waals surface area contributed by atoms with Crippen molar-refractivity contribution in [3.05, 3.63) is 29.3 Å². The first kappa shape index (κ1) is 12.6. The topological polar surface area (TPSA) is 21.3 Å². The minimum atomic E-state index is 0.766. The molecule has 0 saturated carbocycles. The molecular weight excluding hydrogens is 206 g/mol. The van der Waals surface area contributed by atoms with Crippen LogP contribution in [-0.4, -0.2) is 26.5 Å². The van der Waals surface area contributed by atoms with Crippen LogP contribution in [0.1, 0.15) is 11.1 Å². The van der Waals surface area contributed by atoms with E-state index in [0.717, 1.165) is 19.7 Å². The number of hydrogen-bond donors (Lipinski definition) is 1. The molecule has 0 aliphatic heterocycles. The fraction of sp³-hybridized carbons (Fsp3) is 0.500. The predicted octanol–water partition coefficient (Wildman–Crippen LogP) is 2.45. The van der Waals surface area contributed by atoms with Crippen LogP contribution in [0.3, 0.4) is 0 Å². The Morgan fingerprint density at radius 2 is 2.20 bits per heavy atom. The van der Waals surface area contributed by atoms with E-state index in [0.29, 0.717) is 0 Å². The molecule has 15 heavy (non-hydrogen) atoms. The minimum Gasteiger partial charge on any atom is -0.383 e. The highest BCUT2D eigenvalue weighted by molar-refractivity contribution is 7.98. The van der Waals surface area contributed by atoms with Gasteiger partial charge in [0, 0.05) is 25.1 Å². The molecule has 0 amide bonds. The van der Waals surface area contributed by atoms with Crippen molar-refractivity contribution in [3.8, 4) is 0 Å². The third kappa shape index (κ3) is 4.24. The summed E-state index contributed by atoms with van der Waals surface area (Å²) in [6.45, 7) is 4.74. The van der Waals surface area contributed by atoms with Crippen LogP contribution < -0.4 is 5.32 Å². The van der Waals surface area contributed by atoms with Crippen LogP contribution in [0.4, 0.5) is 0 Å². The lowest BCUT2D eigenvalue weighted by Gasteiger charge is -2.07. The third-order valence-corrected chi connectivity index (χ3v) is 3.17. The van der Waals surface area contributed by atoms with Gasteiger partial charge in [-0.2, -0.15) is 0 Å².